The van der Waals surface area contributed by atoms with E-state index in [-0.39, 0.29) is 17.3 Å². The number of aromatic nitrogens is 2. The van der Waals surface area contributed by atoms with Crippen LogP contribution < -0.4 is 14.8 Å². The molecule has 2 aromatic heterocycles. The molecule has 11 heteroatoms. The van der Waals surface area contributed by atoms with Crippen LogP contribution in [0.4, 0.5) is 0 Å². The lowest BCUT2D eigenvalue weighted by molar-refractivity contribution is -0.122. The molecule has 0 spiro atoms. The predicted octanol–water partition coefficient (Wildman–Crippen LogP) is 1.20. The van der Waals surface area contributed by atoms with Gasteiger partial charge in [-0.15, -0.1) is 0 Å². The number of rotatable bonds is 8. The van der Waals surface area contributed by atoms with E-state index in [2.05, 4.69) is 15.3 Å². The number of amides is 1. The third-order valence-corrected chi connectivity index (χ3v) is 7.61. The topological polar surface area (TPSA) is 117 Å². The smallest absolute Gasteiger partial charge is 0.245 e. The predicted molar refractivity (Wildman–Crippen MR) is 123 cm³/mol. The van der Waals surface area contributed by atoms with E-state index in [0.29, 0.717) is 55.3 Å². The molecular formula is C22H27N5O5S. The molecule has 1 aromatic carbocycles. The highest BCUT2D eigenvalue weighted by molar-refractivity contribution is 7.89. The molecule has 0 bridgehead atoms. The third kappa shape index (κ3) is 4.95. The summed E-state index contributed by atoms with van der Waals surface area (Å²) in [5.74, 6) is 1.11. The van der Waals surface area contributed by atoms with Crippen molar-refractivity contribution < 1.29 is 22.7 Å². The van der Waals surface area contributed by atoms with Crippen molar-refractivity contribution in [2.24, 2.45) is 0 Å². The Morgan fingerprint density at radius 1 is 1.12 bits per heavy atom. The fraction of sp³-hybridized carbons (Fsp3) is 0.364. The zero-order chi connectivity index (χ0) is 23.4. The van der Waals surface area contributed by atoms with E-state index in [0.717, 1.165) is 5.56 Å². The lowest BCUT2D eigenvalue weighted by atomic mass is 10.2. The van der Waals surface area contributed by atoms with Gasteiger partial charge in [0.1, 0.15) is 10.5 Å². The van der Waals surface area contributed by atoms with Crippen LogP contribution in [0.1, 0.15) is 5.56 Å². The number of sulfonamides is 1. The van der Waals surface area contributed by atoms with E-state index >= 15 is 0 Å². The lowest BCUT2D eigenvalue weighted by Crippen LogP contribution is -2.50. The van der Waals surface area contributed by atoms with Gasteiger partial charge in [0, 0.05) is 50.5 Å². The van der Waals surface area contributed by atoms with Crippen molar-refractivity contribution in [3.63, 3.8) is 0 Å². The highest BCUT2D eigenvalue weighted by Gasteiger charge is 2.31. The van der Waals surface area contributed by atoms with Gasteiger partial charge in [0.2, 0.25) is 15.9 Å². The first kappa shape index (κ1) is 23.0. The number of pyridine rings is 1. The molecule has 3 heterocycles. The van der Waals surface area contributed by atoms with Gasteiger partial charge >= 0.3 is 0 Å². The van der Waals surface area contributed by atoms with Crippen molar-refractivity contribution in [3.8, 4) is 11.5 Å². The van der Waals surface area contributed by atoms with Crippen molar-refractivity contribution in [2.75, 3.05) is 46.9 Å². The van der Waals surface area contributed by atoms with E-state index in [1.807, 2.05) is 17.0 Å². The number of benzene rings is 1. The molecule has 33 heavy (non-hydrogen) atoms. The SMILES string of the molecule is COc1ccc(CNC(=O)CN2CCN(S(=O)(=O)c3c[nH]c4ncccc34)CC2)cc1OC. The van der Waals surface area contributed by atoms with Gasteiger partial charge in [-0.25, -0.2) is 13.4 Å². The number of ether oxygens (including phenoxy) is 2. The Labute approximate surface area is 192 Å². The third-order valence-electron chi connectivity index (χ3n) is 5.67. The largest absolute Gasteiger partial charge is 0.493 e. The van der Waals surface area contributed by atoms with Crippen LogP contribution in [0.2, 0.25) is 0 Å². The van der Waals surface area contributed by atoms with Crippen molar-refractivity contribution in [2.45, 2.75) is 11.4 Å². The van der Waals surface area contributed by atoms with Crippen LogP contribution in [0.5, 0.6) is 11.5 Å². The summed E-state index contributed by atoms with van der Waals surface area (Å²) in [5.41, 5.74) is 1.44. The maximum atomic E-state index is 13.1. The lowest BCUT2D eigenvalue weighted by Gasteiger charge is -2.33. The normalized spacial score (nSPS) is 15.5. The number of piperazine rings is 1. The summed E-state index contributed by atoms with van der Waals surface area (Å²) < 4.78 is 38.2. The average molecular weight is 474 g/mol. The van der Waals surface area contributed by atoms with Crippen LogP contribution in [0.3, 0.4) is 0 Å². The van der Waals surface area contributed by atoms with Crippen LogP contribution in [0.15, 0.2) is 47.6 Å². The number of carbonyl (C=O) groups is 1. The summed E-state index contributed by atoms with van der Waals surface area (Å²) in [4.78, 5) is 21.7. The molecule has 0 saturated carbocycles. The van der Waals surface area contributed by atoms with Crippen LogP contribution in [0, 0.1) is 0 Å². The summed E-state index contributed by atoms with van der Waals surface area (Å²) in [6, 6.07) is 8.94. The van der Waals surface area contributed by atoms with Crippen molar-refractivity contribution in [1.82, 2.24) is 24.5 Å². The van der Waals surface area contributed by atoms with Gasteiger partial charge < -0.3 is 19.8 Å². The van der Waals surface area contributed by atoms with E-state index in [9.17, 15) is 13.2 Å². The summed E-state index contributed by atoms with van der Waals surface area (Å²) in [5, 5.41) is 3.48. The van der Waals surface area contributed by atoms with Crippen LogP contribution in [-0.2, 0) is 21.4 Å². The highest BCUT2D eigenvalue weighted by atomic mass is 32.2. The fourth-order valence-electron chi connectivity index (χ4n) is 3.86. The van der Waals surface area contributed by atoms with Crippen molar-refractivity contribution >= 4 is 27.0 Å². The summed E-state index contributed by atoms with van der Waals surface area (Å²) in [6.45, 7) is 2.16. The molecule has 1 amide bonds. The Kier molecular flexibility index (Phi) is 6.82. The maximum absolute atomic E-state index is 13.1. The number of aromatic amines is 1. The molecule has 1 saturated heterocycles. The average Bonchev–Trinajstić information content (AvgIpc) is 3.28. The van der Waals surface area contributed by atoms with E-state index in [1.54, 1.807) is 38.6 Å². The minimum atomic E-state index is -3.64. The first-order chi connectivity index (χ1) is 15.9. The highest BCUT2D eigenvalue weighted by Crippen LogP contribution is 2.27. The Hall–Kier alpha value is -3.15. The molecule has 0 aliphatic carbocycles. The molecule has 4 rings (SSSR count). The van der Waals surface area contributed by atoms with E-state index < -0.39 is 10.0 Å². The van der Waals surface area contributed by atoms with Gasteiger partial charge in [-0.3, -0.25) is 9.69 Å². The molecule has 1 aliphatic heterocycles. The van der Waals surface area contributed by atoms with Gasteiger partial charge in [-0.05, 0) is 29.8 Å². The van der Waals surface area contributed by atoms with Gasteiger partial charge in [-0.2, -0.15) is 4.31 Å². The molecule has 10 nitrogen and oxygen atoms in total. The Morgan fingerprint density at radius 2 is 1.88 bits per heavy atom. The van der Waals surface area contributed by atoms with Crippen LogP contribution >= 0.6 is 0 Å². The van der Waals surface area contributed by atoms with Crippen LogP contribution in [0.25, 0.3) is 11.0 Å². The Bertz CT molecular complexity index is 1230. The maximum Gasteiger partial charge on any atom is 0.245 e. The minimum absolute atomic E-state index is 0.121. The summed E-state index contributed by atoms with van der Waals surface area (Å²) >= 11 is 0. The number of hydrogen-bond acceptors (Lipinski definition) is 7. The van der Waals surface area contributed by atoms with E-state index in [1.165, 1.54) is 10.5 Å². The zero-order valence-corrected chi connectivity index (χ0v) is 19.4. The van der Waals surface area contributed by atoms with Gasteiger partial charge in [0.15, 0.2) is 11.5 Å². The molecule has 0 atom stereocenters. The van der Waals surface area contributed by atoms with Gasteiger partial charge in [0.05, 0.1) is 20.8 Å². The van der Waals surface area contributed by atoms with Crippen molar-refractivity contribution in [1.29, 1.82) is 0 Å². The number of nitrogens with one attached hydrogen (secondary N) is 2. The molecule has 1 aliphatic rings. The number of methoxy groups -OCH3 is 2. The summed E-state index contributed by atoms with van der Waals surface area (Å²) in [7, 11) is -0.507. The molecule has 1 fully saturated rings. The quantitative estimate of drug-likeness (QED) is 0.505. The number of carbonyl (C=O) groups excluding carboxylic acids is 1. The number of hydrogen-bond donors (Lipinski definition) is 2. The Balaban J connectivity index is 1.30. The first-order valence-corrected chi connectivity index (χ1v) is 12.0. The summed E-state index contributed by atoms with van der Waals surface area (Å²) in [6.07, 6.45) is 3.10. The van der Waals surface area contributed by atoms with Crippen molar-refractivity contribution in [3.05, 3.63) is 48.3 Å². The fourth-order valence-corrected chi connectivity index (χ4v) is 5.43. The zero-order valence-electron chi connectivity index (χ0n) is 18.6. The molecule has 3 aromatic rings. The molecule has 0 unspecified atom stereocenters. The monoisotopic (exact) mass is 473 g/mol. The number of H-pyrrole nitrogens is 1. The van der Waals surface area contributed by atoms with Gasteiger partial charge in [0.25, 0.3) is 0 Å². The molecule has 2 N–H and O–H groups in total. The molecule has 176 valence electrons. The molecular weight excluding hydrogens is 446 g/mol. The first-order valence-electron chi connectivity index (χ1n) is 10.5. The standard InChI is InChI=1S/C22H27N5O5S/c1-31-18-6-5-16(12-19(18)32-2)13-24-21(28)15-26-8-10-27(11-9-26)33(29,30)20-14-25-22-17(20)4-3-7-23-22/h3-7,12,14H,8-11,13,15H2,1-2H3,(H,23,25)(H,24,28). The second-order valence-electron chi connectivity index (χ2n) is 7.70. The van der Waals surface area contributed by atoms with Gasteiger partial charge in [-0.1, -0.05) is 6.07 Å². The minimum Gasteiger partial charge on any atom is -0.493 e. The molecule has 0 radical (unpaired) electrons. The van der Waals surface area contributed by atoms with E-state index in [4.69, 9.17) is 9.47 Å². The second kappa shape index (κ2) is 9.77. The second-order valence-corrected chi connectivity index (χ2v) is 9.61. The number of nitrogens with zero attached hydrogens (tertiary/aromatic N) is 3. The number of fused-ring (bicyclic) bond motifs is 1. The Morgan fingerprint density at radius 3 is 2.61 bits per heavy atom. The van der Waals surface area contributed by atoms with Crippen LogP contribution in [-0.4, -0.2) is 80.4 Å².